The van der Waals surface area contributed by atoms with Crippen LogP contribution in [0.25, 0.3) is 0 Å². The Morgan fingerprint density at radius 1 is 1.20 bits per heavy atom. The number of hydrogen-bond acceptors (Lipinski definition) is 5. The highest BCUT2D eigenvalue weighted by molar-refractivity contribution is 9.10. The lowest BCUT2D eigenvalue weighted by Crippen LogP contribution is -2.45. The van der Waals surface area contributed by atoms with Crippen LogP contribution in [-0.2, 0) is 32.6 Å². The molecule has 1 N–H and O–H groups in total. The van der Waals surface area contributed by atoms with E-state index in [4.69, 9.17) is 4.74 Å². The fourth-order valence-corrected chi connectivity index (χ4v) is 7.24. The van der Waals surface area contributed by atoms with Crippen LogP contribution in [-0.4, -0.2) is 51.3 Å². The van der Waals surface area contributed by atoms with Gasteiger partial charge in [-0.1, -0.05) is 41.1 Å². The summed E-state index contributed by atoms with van der Waals surface area (Å²) < 4.78 is 35.0. The predicted molar refractivity (Wildman–Crippen MR) is 137 cm³/mol. The van der Waals surface area contributed by atoms with Gasteiger partial charge in [0, 0.05) is 42.6 Å². The Morgan fingerprint density at radius 2 is 1.97 bits per heavy atom. The molecule has 0 bridgehead atoms. The Labute approximate surface area is 214 Å². The molecule has 2 amide bonds. The van der Waals surface area contributed by atoms with E-state index in [1.165, 1.54) is 4.31 Å². The van der Waals surface area contributed by atoms with Crippen LogP contribution in [0.1, 0.15) is 37.3 Å². The van der Waals surface area contributed by atoms with Gasteiger partial charge in [-0.25, -0.2) is 8.42 Å². The zero-order valence-electron chi connectivity index (χ0n) is 19.9. The molecular weight excluding hydrogens is 534 g/mol. The maximum absolute atomic E-state index is 13.8. The van der Waals surface area contributed by atoms with Crippen molar-refractivity contribution in [1.29, 1.82) is 0 Å². The van der Waals surface area contributed by atoms with Gasteiger partial charge in [0.25, 0.3) is 0 Å². The molecule has 1 fully saturated rings. The van der Waals surface area contributed by atoms with Crippen molar-refractivity contribution in [3.8, 4) is 5.75 Å². The smallest absolute Gasteiger partial charge is 0.245 e. The third kappa shape index (κ3) is 5.24. The number of para-hydroxylation sites is 1. The number of fused-ring (bicyclic) bond motifs is 1. The first kappa shape index (κ1) is 25.7. The largest absolute Gasteiger partial charge is 0.496 e. The fourth-order valence-electron chi connectivity index (χ4n) is 4.80. The van der Waals surface area contributed by atoms with Crippen LogP contribution >= 0.6 is 15.9 Å². The van der Waals surface area contributed by atoms with Gasteiger partial charge in [0.05, 0.1) is 18.7 Å². The Kier molecular flexibility index (Phi) is 7.83. The number of nitrogens with zero attached hydrogens (tertiary/aromatic N) is 2. The summed E-state index contributed by atoms with van der Waals surface area (Å²) in [6, 6.07) is 10.9. The van der Waals surface area contributed by atoms with Crippen LogP contribution in [0.4, 0.5) is 5.69 Å². The van der Waals surface area contributed by atoms with E-state index in [0.717, 1.165) is 11.1 Å². The molecule has 2 aliphatic rings. The number of carbonyl (C=O) groups is 2. The summed E-state index contributed by atoms with van der Waals surface area (Å²) in [4.78, 5) is 27.2. The number of piperidine rings is 1. The van der Waals surface area contributed by atoms with E-state index >= 15 is 0 Å². The van der Waals surface area contributed by atoms with E-state index in [-0.39, 0.29) is 23.3 Å². The molecule has 0 saturated carbocycles. The highest BCUT2D eigenvalue weighted by atomic mass is 79.9. The van der Waals surface area contributed by atoms with E-state index in [1.807, 2.05) is 30.3 Å². The Morgan fingerprint density at radius 3 is 2.71 bits per heavy atom. The first-order valence-electron chi connectivity index (χ1n) is 11.8. The molecule has 2 aromatic carbocycles. The normalized spacial score (nSPS) is 18.3. The molecule has 0 spiro atoms. The zero-order valence-corrected chi connectivity index (χ0v) is 22.3. The van der Waals surface area contributed by atoms with Crippen molar-refractivity contribution in [2.24, 2.45) is 5.92 Å². The van der Waals surface area contributed by atoms with Crippen LogP contribution in [0, 0.1) is 5.92 Å². The van der Waals surface area contributed by atoms with Crippen LogP contribution in [0.5, 0.6) is 5.75 Å². The predicted octanol–water partition coefficient (Wildman–Crippen LogP) is 3.47. The molecule has 8 nitrogen and oxygen atoms in total. The molecule has 0 aliphatic carbocycles. The number of halogens is 1. The van der Waals surface area contributed by atoms with Crippen molar-refractivity contribution in [3.05, 3.63) is 52.0 Å². The standard InChI is InChI=1S/C25H30BrN3O5S/c1-3-23(30)29-12-10-17-13-20(26)14-22(24(17)29)35(32,33)28-11-6-8-19(16-28)25(31)27-15-18-7-4-5-9-21(18)34-2/h4-5,7,9,13-14,19H,3,6,8,10-12,15-16H2,1-2H3,(H,27,31). The number of sulfonamides is 1. The lowest BCUT2D eigenvalue weighted by atomic mass is 9.98. The third-order valence-electron chi connectivity index (χ3n) is 6.62. The average molecular weight is 565 g/mol. The van der Waals surface area contributed by atoms with Crippen LogP contribution < -0.4 is 15.0 Å². The van der Waals surface area contributed by atoms with Gasteiger partial charge < -0.3 is 15.0 Å². The number of rotatable bonds is 7. The molecule has 1 unspecified atom stereocenters. The lowest BCUT2D eigenvalue weighted by molar-refractivity contribution is -0.126. The second-order valence-electron chi connectivity index (χ2n) is 8.79. The summed E-state index contributed by atoms with van der Waals surface area (Å²) >= 11 is 3.44. The second kappa shape index (κ2) is 10.7. The second-order valence-corrected chi connectivity index (χ2v) is 11.6. The van der Waals surface area contributed by atoms with Crippen LogP contribution in [0.2, 0.25) is 0 Å². The van der Waals surface area contributed by atoms with Crippen molar-refractivity contribution >= 4 is 43.5 Å². The Balaban J connectivity index is 1.54. The van der Waals surface area contributed by atoms with E-state index in [0.29, 0.717) is 61.2 Å². The maximum Gasteiger partial charge on any atom is 0.245 e. The Hall–Kier alpha value is -2.43. The van der Waals surface area contributed by atoms with Gasteiger partial charge in [-0.05, 0) is 43.0 Å². The third-order valence-corrected chi connectivity index (χ3v) is 8.95. The average Bonchev–Trinajstić information content (AvgIpc) is 3.30. The minimum Gasteiger partial charge on any atom is -0.496 e. The van der Waals surface area contributed by atoms with E-state index < -0.39 is 15.9 Å². The summed E-state index contributed by atoms with van der Waals surface area (Å²) in [7, 11) is -2.34. The van der Waals surface area contributed by atoms with Crippen molar-refractivity contribution < 1.29 is 22.7 Å². The molecule has 10 heteroatoms. The Bertz CT molecular complexity index is 1230. The number of methoxy groups -OCH3 is 1. The number of benzene rings is 2. The molecule has 188 valence electrons. The molecule has 2 aromatic rings. The van der Waals surface area contributed by atoms with E-state index in [1.54, 1.807) is 25.0 Å². The van der Waals surface area contributed by atoms with Gasteiger partial charge in [-0.15, -0.1) is 0 Å². The summed E-state index contributed by atoms with van der Waals surface area (Å²) in [5.74, 6) is -0.0509. The molecule has 2 aliphatic heterocycles. The van der Waals surface area contributed by atoms with Gasteiger partial charge in [0.2, 0.25) is 21.8 Å². The SMILES string of the molecule is CCC(=O)N1CCc2cc(Br)cc(S(=O)(=O)N3CCCC(C(=O)NCc4ccccc4OC)C3)c21. The fraction of sp³-hybridized carbons (Fsp3) is 0.440. The van der Waals surface area contributed by atoms with Crippen molar-refractivity contribution in [1.82, 2.24) is 9.62 Å². The number of anilines is 1. The molecular formula is C25H30BrN3O5S. The minimum atomic E-state index is -3.92. The molecule has 0 radical (unpaired) electrons. The quantitative estimate of drug-likeness (QED) is 0.556. The van der Waals surface area contributed by atoms with Gasteiger partial charge >= 0.3 is 0 Å². The first-order valence-corrected chi connectivity index (χ1v) is 14.0. The van der Waals surface area contributed by atoms with Gasteiger partial charge in [0.1, 0.15) is 10.6 Å². The maximum atomic E-state index is 13.8. The number of carbonyl (C=O) groups excluding carboxylic acids is 2. The first-order chi connectivity index (χ1) is 16.8. The van der Waals surface area contributed by atoms with E-state index in [9.17, 15) is 18.0 Å². The van der Waals surface area contributed by atoms with Gasteiger partial charge in [-0.3, -0.25) is 9.59 Å². The van der Waals surface area contributed by atoms with Gasteiger partial charge in [0.15, 0.2) is 0 Å². The summed E-state index contributed by atoms with van der Waals surface area (Å²) in [6.45, 7) is 2.98. The highest BCUT2D eigenvalue weighted by Gasteiger charge is 2.38. The zero-order chi connectivity index (χ0) is 25.2. The molecule has 4 rings (SSSR count). The number of nitrogens with one attached hydrogen (secondary N) is 1. The molecule has 0 aromatic heterocycles. The van der Waals surface area contributed by atoms with Crippen molar-refractivity contribution in [2.75, 3.05) is 31.6 Å². The lowest BCUT2D eigenvalue weighted by Gasteiger charge is -2.32. The number of hydrogen-bond donors (Lipinski definition) is 1. The summed E-state index contributed by atoms with van der Waals surface area (Å²) in [5.41, 5.74) is 2.17. The number of amides is 2. The molecule has 1 atom stereocenters. The van der Waals surface area contributed by atoms with Gasteiger partial charge in [-0.2, -0.15) is 4.31 Å². The van der Waals surface area contributed by atoms with Crippen LogP contribution in [0.15, 0.2) is 45.8 Å². The number of ether oxygens (including phenoxy) is 1. The topological polar surface area (TPSA) is 96.0 Å². The van der Waals surface area contributed by atoms with Crippen molar-refractivity contribution in [3.63, 3.8) is 0 Å². The highest BCUT2D eigenvalue weighted by Crippen LogP contribution is 2.39. The summed E-state index contributed by atoms with van der Waals surface area (Å²) in [6.07, 6.45) is 2.10. The minimum absolute atomic E-state index is 0.100. The van der Waals surface area contributed by atoms with Crippen molar-refractivity contribution in [2.45, 2.75) is 44.0 Å². The monoisotopic (exact) mass is 563 g/mol. The molecule has 2 heterocycles. The van der Waals surface area contributed by atoms with Crippen LogP contribution in [0.3, 0.4) is 0 Å². The summed E-state index contributed by atoms with van der Waals surface area (Å²) in [5, 5.41) is 2.93. The van der Waals surface area contributed by atoms with E-state index in [2.05, 4.69) is 21.2 Å². The molecule has 35 heavy (non-hydrogen) atoms. The molecule has 1 saturated heterocycles.